The van der Waals surface area contributed by atoms with Crippen LogP contribution in [0, 0.1) is 11.6 Å². The van der Waals surface area contributed by atoms with E-state index < -0.39 is 0 Å². The molecule has 0 radical (unpaired) electrons. The number of aliphatic hydroxyl groups excluding tert-OH is 1. The molecule has 5 rings (SSSR count). The Kier molecular flexibility index (Phi) is 6.01. The zero-order valence-electron chi connectivity index (χ0n) is 18.2. The van der Waals surface area contributed by atoms with Crippen LogP contribution in [0.25, 0.3) is 33.6 Å². The molecule has 0 aliphatic carbocycles. The number of hydrogen-bond donors (Lipinski definition) is 1. The summed E-state index contributed by atoms with van der Waals surface area (Å²) in [5.74, 6) is 0.342. The standard InChI is InChI=1S/C27H21F2N3O2/c28-21-10-6-19(7-11-21)23-24-26(32(14-15-33)16-18-4-2-1-3-5-18)30-17-31-27(24)34-25(23)20-8-12-22(29)13-9-20/h1-13,17,33H,14-16H2. The number of benzene rings is 3. The van der Waals surface area contributed by atoms with E-state index in [9.17, 15) is 13.9 Å². The number of rotatable bonds is 7. The van der Waals surface area contributed by atoms with Gasteiger partial charge in [-0.15, -0.1) is 0 Å². The smallest absolute Gasteiger partial charge is 0.232 e. The van der Waals surface area contributed by atoms with Crippen LogP contribution in [-0.2, 0) is 6.54 Å². The molecule has 170 valence electrons. The van der Waals surface area contributed by atoms with Crippen molar-refractivity contribution in [2.75, 3.05) is 18.1 Å². The van der Waals surface area contributed by atoms with Crippen molar-refractivity contribution in [2.24, 2.45) is 0 Å². The minimum atomic E-state index is -0.361. The minimum absolute atomic E-state index is 0.0765. The van der Waals surface area contributed by atoms with Crippen molar-refractivity contribution in [3.63, 3.8) is 0 Å². The van der Waals surface area contributed by atoms with Crippen molar-refractivity contribution in [1.29, 1.82) is 0 Å². The number of halogens is 2. The Labute approximate surface area is 194 Å². The molecule has 0 fully saturated rings. The summed E-state index contributed by atoms with van der Waals surface area (Å²) in [6, 6.07) is 21.9. The van der Waals surface area contributed by atoms with Gasteiger partial charge in [-0.1, -0.05) is 42.5 Å². The quantitative estimate of drug-likeness (QED) is 0.333. The average molecular weight is 457 g/mol. The van der Waals surface area contributed by atoms with Gasteiger partial charge in [0.25, 0.3) is 0 Å². The lowest BCUT2D eigenvalue weighted by atomic mass is 9.99. The second-order valence-corrected chi connectivity index (χ2v) is 7.83. The van der Waals surface area contributed by atoms with E-state index in [4.69, 9.17) is 4.42 Å². The van der Waals surface area contributed by atoms with Gasteiger partial charge in [0.2, 0.25) is 5.71 Å². The number of hydrogen-bond acceptors (Lipinski definition) is 5. The van der Waals surface area contributed by atoms with Gasteiger partial charge in [0, 0.05) is 24.2 Å². The normalized spacial score (nSPS) is 11.1. The molecule has 34 heavy (non-hydrogen) atoms. The number of fused-ring (bicyclic) bond motifs is 1. The maximum atomic E-state index is 13.7. The van der Waals surface area contributed by atoms with E-state index in [1.165, 1.54) is 30.6 Å². The molecule has 0 saturated heterocycles. The maximum absolute atomic E-state index is 13.7. The predicted octanol–water partition coefficient (Wildman–Crippen LogP) is 5.83. The number of anilines is 1. The molecule has 7 heteroatoms. The van der Waals surface area contributed by atoms with Gasteiger partial charge in [0.05, 0.1) is 12.0 Å². The molecule has 1 N–H and O–H groups in total. The van der Waals surface area contributed by atoms with Crippen LogP contribution in [0.3, 0.4) is 0 Å². The molecule has 3 aromatic carbocycles. The molecule has 0 saturated carbocycles. The minimum Gasteiger partial charge on any atom is -0.437 e. The van der Waals surface area contributed by atoms with Crippen molar-refractivity contribution in [3.8, 4) is 22.5 Å². The Morgan fingerprint density at radius 1 is 0.794 bits per heavy atom. The number of nitrogens with zero attached hydrogens (tertiary/aromatic N) is 3. The second-order valence-electron chi connectivity index (χ2n) is 7.83. The molecule has 2 aromatic heterocycles. The summed E-state index contributed by atoms with van der Waals surface area (Å²) in [4.78, 5) is 10.9. The molecule has 0 aliphatic rings. The summed E-state index contributed by atoms with van der Waals surface area (Å²) in [7, 11) is 0. The largest absolute Gasteiger partial charge is 0.437 e. The van der Waals surface area contributed by atoms with E-state index in [1.807, 2.05) is 35.2 Å². The average Bonchev–Trinajstić information content (AvgIpc) is 3.25. The fraction of sp³-hybridized carbons (Fsp3) is 0.111. The molecule has 0 aliphatic heterocycles. The Bertz CT molecular complexity index is 1400. The number of furan rings is 1. The maximum Gasteiger partial charge on any atom is 0.232 e. The van der Waals surface area contributed by atoms with Gasteiger partial charge in [0.15, 0.2) is 0 Å². The summed E-state index contributed by atoms with van der Waals surface area (Å²) in [6.45, 7) is 0.765. The van der Waals surface area contributed by atoms with E-state index in [1.54, 1.807) is 24.3 Å². The van der Waals surface area contributed by atoms with Gasteiger partial charge in [0.1, 0.15) is 29.5 Å². The van der Waals surface area contributed by atoms with E-state index in [-0.39, 0.29) is 18.2 Å². The first-order chi connectivity index (χ1) is 16.6. The molecule has 2 heterocycles. The van der Waals surface area contributed by atoms with Gasteiger partial charge in [-0.05, 0) is 47.5 Å². The van der Waals surface area contributed by atoms with Crippen LogP contribution < -0.4 is 4.90 Å². The first-order valence-electron chi connectivity index (χ1n) is 10.8. The number of aliphatic hydroxyl groups is 1. The summed E-state index contributed by atoms with van der Waals surface area (Å²) < 4.78 is 33.5. The second kappa shape index (κ2) is 9.41. The lowest BCUT2D eigenvalue weighted by molar-refractivity contribution is 0.301. The van der Waals surface area contributed by atoms with Crippen molar-refractivity contribution in [3.05, 3.63) is 102 Å². The first kappa shape index (κ1) is 21.7. The fourth-order valence-corrected chi connectivity index (χ4v) is 4.04. The third kappa shape index (κ3) is 4.25. The highest BCUT2D eigenvalue weighted by atomic mass is 19.1. The van der Waals surface area contributed by atoms with E-state index in [0.717, 1.165) is 5.56 Å². The lowest BCUT2D eigenvalue weighted by Crippen LogP contribution is -2.27. The lowest BCUT2D eigenvalue weighted by Gasteiger charge is -2.23. The van der Waals surface area contributed by atoms with Crippen LogP contribution in [-0.4, -0.2) is 28.2 Å². The summed E-state index contributed by atoms with van der Waals surface area (Å²) in [6.07, 6.45) is 1.42. The number of aromatic nitrogens is 2. The van der Waals surface area contributed by atoms with Gasteiger partial charge in [-0.2, -0.15) is 0 Å². The fourth-order valence-electron chi connectivity index (χ4n) is 4.04. The SMILES string of the molecule is OCCN(Cc1ccccc1)c1ncnc2oc(-c3ccc(F)cc3)c(-c3ccc(F)cc3)c12. The highest BCUT2D eigenvalue weighted by Crippen LogP contribution is 2.43. The van der Waals surface area contributed by atoms with Crippen molar-refractivity contribution in [1.82, 2.24) is 9.97 Å². The van der Waals surface area contributed by atoms with Crippen LogP contribution in [0.5, 0.6) is 0 Å². The van der Waals surface area contributed by atoms with Gasteiger partial charge in [-0.3, -0.25) is 0 Å². The van der Waals surface area contributed by atoms with Crippen LogP contribution in [0.4, 0.5) is 14.6 Å². The van der Waals surface area contributed by atoms with E-state index >= 15 is 0 Å². The monoisotopic (exact) mass is 457 g/mol. The van der Waals surface area contributed by atoms with E-state index in [0.29, 0.717) is 52.5 Å². The first-order valence-corrected chi connectivity index (χ1v) is 10.8. The Morgan fingerprint density at radius 3 is 2.09 bits per heavy atom. The molecule has 0 amide bonds. The third-order valence-corrected chi connectivity index (χ3v) is 5.59. The molecular formula is C27H21F2N3O2. The topological polar surface area (TPSA) is 62.4 Å². The summed E-state index contributed by atoms with van der Waals surface area (Å²) in [5, 5.41) is 10.4. The van der Waals surface area contributed by atoms with Crippen molar-refractivity contribution in [2.45, 2.75) is 6.54 Å². The van der Waals surface area contributed by atoms with Crippen LogP contribution in [0.15, 0.2) is 89.6 Å². The molecule has 0 unspecified atom stereocenters. The zero-order valence-corrected chi connectivity index (χ0v) is 18.2. The third-order valence-electron chi connectivity index (χ3n) is 5.59. The van der Waals surface area contributed by atoms with Crippen LogP contribution >= 0.6 is 0 Å². The molecule has 0 bridgehead atoms. The van der Waals surface area contributed by atoms with Crippen LogP contribution in [0.2, 0.25) is 0 Å². The summed E-state index contributed by atoms with van der Waals surface area (Å²) in [5.41, 5.74) is 3.43. The van der Waals surface area contributed by atoms with Crippen molar-refractivity contribution < 1.29 is 18.3 Å². The van der Waals surface area contributed by atoms with E-state index in [2.05, 4.69) is 9.97 Å². The van der Waals surface area contributed by atoms with Crippen LogP contribution in [0.1, 0.15) is 5.56 Å². The molecule has 5 nitrogen and oxygen atoms in total. The van der Waals surface area contributed by atoms with Gasteiger partial charge < -0.3 is 14.4 Å². The predicted molar refractivity (Wildman–Crippen MR) is 127 cm³/mol. The Balaban J connectivity index is 1.74. The zero-order chi connectivity index (χ0) is 23.5. The Morgan fingerprint density at radius 2 is 1.44 bits per heavy atom. The highest BCUT2D eigenvalue weighted by molar-refractivity contribution is 6.06. The Hall–Kier alpha value is -4.10. The molecule has 0 atom stereocenters. The molecule has 5 aromatic rings. The summed E-state index contributed by atoms with van der Waals surface area (Å²) >= 11 is 0. The molecule has 0 spiro atoms. The van der Waals surface area contributed by atoms with Crippen molar-refractivity contribution >= 4 is 16.9 Å². The van der Waals surface area contributed by atoms with Gasteiger partial charge >= 0.3 is 0 Å². The molecular weight excluding hydrogens is 436 g/mol. The van der Waals surface area contributed by atoms with Gasteiger partial charge in [-0.25, -0.2) is 18.7 Å². The highest BCUT2D eigenvalue weighted by Gasteiger charge is 2.24.